The molecule has 2 aliphatic heterocycles. The van der Waals surface area contributed by atoms with Gasteiger partial charge in [0.15, 0.2) is 11.5 Å². The predicted molar refractivity (Wildman–Crippen MR) is 154 cm³/mol. The molecule has 0 bridgehead atoms. The number of piperazine rings is 1. The maximum Gasteiger partial charge on any atom is 0.320 e. The smallest absolute Gasteiger partial charge is 0.320 e. The van der Waals surface area contributed by atoms with Gasteiger partial charge in [0, 0.05) is 57.3 Å². The Labute approximate surface area is 244 Å². The minimum absolute atomic E-state index is 0.148. The monoisotopic (exact) mass is 600 g/mol. The largest absolute Gasteiger partial charge is 0.456 e. The van der Waals surface area contributed by atoms with E-state index in [-0.39, 0.29) is 18.2 Å². The molecule has 2 atom stereocenters. The Morgan fingerprint density at radius 2 is 1.85 bits per heavy atom. The first kappa shape index (κ1) is 27.6. The molecule has 0 spiro atoms. The summed E-state index contributed by atoms with van der Waals surface area (Å²) < 4.78 is 25.4. The number of H-pyrrole nitrogens is 1. The van der Waals surface area contributed by atoms with Crippen LogP contribution in [0.2, 0.25) is 10.0 Å². The fraction of sp³-hybridized carbons (Fsp3) is 0.370. The van der Waals surface area contributed by atoms with Crippen molar-refractivity contribution in [3.05, 3.63) is 46.8 Å². The highest BCUT2D eigenvalue weighted by molar-refractivity contribution is 6.45. The molecular weight excluding hydrogens is 574 g/mol. The van der Waals surface area contributed by atoms with Crippen molar-refractivity contribution in [1.82, 2.24) is 34.9 Å². The van der Waals surface area contributed by atoms with Crippen LogP contribution in [0.4, 0.5) is 10.2 Å². The number of carbonyl (C=O) groups is 1. The Morgan fingerprint density at radius 3 is 2.59 bits per heavy atom. The summed E-state index contributed by atoms with van der Waals surface area (Å²) in [5.41, 5.74) is 2.30. The summed E-state index contributed by atoms with van der Waals surface area (Å²) in [6.45, 7) is 5.97. The molecule has 1 unspecified atom stereocenters. The molecule has 4 aromatic rings. The normalized spacial score (nSPS) is 19.8. The second-order valence-corrected chi connectivity index (χ2v) is 10.9. The lowest BCUT2D eigenvalue weighted by atomic mass is 10.1. The topological polar surface area (TPSA) is 113 Å². The number of rotatable bonds is 6. The first-order chi connectivity index (χ1) is 19.7. The van der Waals surface area contributed by atoms with Gasteiger partial charge in [0.05, 0.1) is 32.8 Å². The third kappa shape index (κ3) is 5.16. The van der Waals surface area contributed by atoms with Crippen LogP contribution in [-0.2, 0) is 9.53 Å². The number of likely N-dealkylation sites (N-methyl/N-ethyl adjacent to an activating group) is 1. The number of anilines is 1. The van der Waals surface area contributed by atoms with Gasteiger partial charge >= 0.3 is 6.01 Å². The van der Waals surface area contributed by atoms with Gasteiger partial charge in [0.25, 0.3) is 5.91 Å². The van der Waals surface area contributed by atoms with Crippen LogP contribution in [0.25, 0.3) is 33.2 Å². The maximum atomic E-state index is 13.5. The number of ether oxygens (including phenoxy) is 2. The zero-order chi connectivity index (χ0) is 28.8. The number of nitrogens with zero attached hydrogens (tertiary/aromatic N) is 7. The van der Waals surface area contributed by atoms with E-state index < -0.39 is 11.7 Å². The number of fused-ring (bicyclic) bond motifs is 2. The lowest BCUT2D eigenvalue weighted by Crippen LogP contribution is -2.49. The van der Waals surface area contributed by atoms with Crippen LogP contribution in [0.1, 0.15) is 0 Å². The number of carbonyl (C=O) groups excluding carboxylic acids is 1. The molecule has 41 heavy (non-hydrogen) atoms. The van der Waals surface area contributed by atoms with Crippen molar-refractivity contribution in [3.63, 3.8) is 0 Å². The number of halogens is 3. The molecule has 0 radical (unpaired) electrons. The molecule has 14 heteroatoms. The Hall–Kier alpha value is -3.58. The standard InChI is InChI=1S/C27H27Cl2FN8O3/c1-14(30)26(39)38-8-6-37(7-9-38)25-15-4-5-18(22-16-11-31-35-19(16)10-17(28)23(22)29)32-24(15)33-27(34-25)41-21-13-36(2)12-20(21)40-3/h4-5,10-11,20-21H,1,6-9,12-13H2,2-3H3,(H,31,35)/t20-,21?/m1/s1. The summed E-state index contributed by atoms with van der Waals surface area (Å²) >= 11 is 13.1. The summed E-state index contributed by atoms with van der Waals surface area (Å²) in [5.74, 6) is -1.08. The second kappa shape index (κ2) is 11.0. The lowest BCUT2D eigenvalue weighted by Gasteiger charge is -2.35. The molecule has 3 aromatic heterocycles. The number of methoxy groups -OCH3 is 1. The molecular formula is C27H27Cl2FN8O3. The van der Waals surface area contributed by atoms with Crippen molar-refractivity contribution in [2.45, 2.75) is 12.2 Å². The summed E-state index contributed by atoms with van der Waals surface area (Å²) in [7, 11) is 3.65. The van der Waals surface area contributed by atoms with Gasteiger partial charge in [-0.05, 0) is 25.2 Å². The highest BCUT2D eigenvalue weighted by atomic mass is 35.5. The fourth-order valence-corrected chi connectivity index (χ4v) is 5.84. The van der Waals surface area contributed by atoms with Crippen LogP contribution < -0.4 is 9.64 Å². The highest BCUT2D eigenvalue weighted by Crippen LogP contribution is 2.40. The van der Waals surface area contributed by atoms with Gasteiger partial charge in [-0.15, -0.1) is 0 Å². The number of likely N-dealkylation sites (tertiary alicyclic amines) is 1. The number of hydrogen-bond acceptors (Lipinski definition) is 9. The number of pyridine rings is 1. The molecule has 6 rings (SSSR count). The van der Waals surface area contributed by atoms with E-state index in [9.17, 15) is 9.18 Å². The Morgan fingerprint density at radius 1 is 1.10 bits per heavy atom. The average molecular weight is 601 g/mol. The Balaban J connectivity index is 1.43. The molecule has 2 aliphatic rings. The molecule has 214 valence electrons. The van der Waals surface area contributed by atoms with E-state index >= 15 is 0 Å². The molecule has 11 nitrogen and oxygen atoms in total. The van der Waals surface area contributed by atoms with Crippen LogP contribution in [0.15, 0.2) is 36.8 Å². The van der Waals surface area contributed by atoms with Crippen molar-refractivity contribution in [3.8, 4) is 17.3 Å². The zero-order valence-corrected chi connectivity index (χ0v) is 23.9. The van der Waals surface area contributed by atoms with Gasteiger partial charge in [-0.3, -0.25) is 14.8 Å². The Bertz CT molecular complexity index is 1660. The van der Waals surface area contributed by atoms with Crippen molar-refractivity contribution in [2.75, 3.05) is 58.3 Å². The number of hydrogen-bond donors (Lipinski definition) is 1. The first-order valence-electron chi connectivity index (χ1n) is 13.0. The van der Waals surface area contributed by atoms with Crippen molar-refractivity contribution in [2.24, 2.45) is 0 Å². The minimum atomic E-state index is -0.973. The van der Waals surface area contributed by atoms with Crippen LogP contribution >= 0.6 is 23.2 Å². The van der Waals surface area contributed by atoms with E-state index in [1.165, 1.54) is 4.90 Å². The van der Waals surface area contributed by atoms with Gasteiger partial charge in [0.1, 0.15) is 18.0 Å². The van der Waals surface area contributed by atoms with Crippen molar-refractivity contribution in [1.29, 1.82) is 0 Å². The molecule has 1 amide bonds. The number of nitrogens with one attached hydrogen (secondary N) is 1. The van der Waals surface area contributed by atoms with E-state index in [1.807, 2.05) is 24.1 Å². The molecule has 1 N–H and O–H groups in total. The minimum Gasteiger partial charge on any atom is -0.456 e. The molecule has 0 saturated carbocycles. The molecule has 1 aromatic carbocycles. The Kier molecular flexibility index (Phi) is 7.41. The van der Waals surface area contributed by atoms with E-state index in [2.05, 4.69) is 26.7 Å². The predicted octanol–water partition coefficient (Wildman–Crippen LogP) is 3.71. The van der Waals surface area contributed by atoms with E-state index in [0.29, 0.717) is 77.4 Å². The quantitative estimate of drug-likeness (QED) is 0.331. The van der Waals surface area contributed by atoms with Gasteiger partial charge in [-0.25, -0.2) is 9.37 Å². The highest BCUT2D eigenvalue weighted by Gasteiger charge is 2.34. The van der Waals surface area contributed by atoms with Crippen molar-refractivity contribution >= 4 is 56.9 Å². The van der Waals surface area contributed by atoms with Gasteiger partial charge in [-0.2, -0.15) is 15.1 Å². The average Bonchev–Trinajstić information content (AvgIpc) is 3.57. The number of aromatic amines is 1. The summed E-state index contributed by atoms with van der Waals surface area (Å²) in [6, 6.07) is 5.58. The summed E-state index contributed by atoms with van der Waals surface area (Å²) in [6.07, 6.45) is 1.24. The number of amides is 1. The van der Waals surface area contributed by atoms with E-state index in [4.69, 9.17) is 42.6 Å². The molecule has 2 saturated heterocycles. The van der Waals surface area contributed by atoms with Crippen LogP contribution in [0, 0.1) is 0 Å². The molecule has 5 heterocycles. The van der Waals surface area contributed by atoms with E-state index in [1.54, 1.807) is 19.4 Å². The van der Waals surface area contributed by atoms with Gasteiger partial charge < -0.3 is 19.3 Å². The molecule has 0 aliphatic carbocycles. The first-order valence-corrected chi connectivity index (χ1v) is 13.8. The van der Waals surface area contributed by atoms with Crippen LogP contribution in [0.3, 0.4) is 0 Å². The van der Waals surface area contributed by atoms with E-state index in [0.717, 1.165) is 10.9 Å². The van der Waals surface area contributed by atoms with Crippen LogP contribution in [0.5, 0.6) is 6.01 Å². The van der Waals surface area contributed by atoms with Crippen molar-refractivity contribution < 1.29 is 18.7 Å². The number of aromatic nitrogens is 5. The second-order valence-electron chi connectivity index (χ2n) is 10.1. The third-order valence-corrected chi connectivity index (χ3v) is 8.26. The SMILES string of the molecule is C=C(F)C(=O)N1CCN(c2nc(OC3CN(C)C[C@H]3OC)nc3nc(-c4c(Cl)c(Cl)cc5[nH]ncc45)ccc23)CC1. The summed E-state index contributed by atoms with van der Waals surface area (Å²) in [5, 5.41) is 9.23. The number of benzene rings is 1. The zero-order valence-electron chi connectivity index (χ0n) is 22.4. The van der Waals surface area contributed by atoms with Gasteiger partial charge in [-0.1, -0.05) is 29.8 Å². The van der Waals surface area contributed by atoms with Gasteiger partial charge in [0.2, 0.25) is 0 Å². The van der Waals surface area contributed by atoms with Crippen LogP contribution in [-0.4, -0.2) is 106 Å². The lowest BCUT2D eigenvalue weighted by molar-refractivity contribution is -0.128. The third-order valence-electron chi connectivity index (χ3n) is 7.47. The summed E-state index contributed by atoms with van der Waals surface area (Å²) in [4.78, 5) is 32.0. The maximum absolute atomic E-state index is 13.5. The molecule has 2 fully saturated rings. The fourth-order valence-electron chi connectivity index (χ4n) is 5.38.